The minimum Gasteiger partial charge on any atom is -0.460 e. The molecule has 0 aliphatic heterocycles. The summed E-state index contributed by atoms with van der Waals surface area (Å²) in [5.41, 5.74) is -0.471. The highest BCUT2D eigenvalue weighted by Crippen LogP contribution is 2.16. The van der Waals surface area contributed by atoms with Gasteiger partial charge >= 0.3 is 5.97 Å². The first kappa shape index (κ1) is 13.1. The van der Waals surface area contributed by atoms with Gasteiger partial charge in [0.2, 0.25) is 0 Å². The quantitative estimate of drug-likeness (QED) is 0.516. The van der Waals surface area contributed by atoms with Gasteiger partial charge in [0.25, 0.3) is 0 Å². The van der Waals surface area contributed by atoms with Gasteiger partial charge in [0, 0.05) is 5.92 Å². The van der Waals surface area contributed by atoms with Crippen molar-refractivity contribution in [3.8, 4) is 0 Å². The minimum absolute atomic E-state index is 0.179. The van der Waals surface area contributed by atoms with Crippen LogP contribution in [0.1, 0.15) is 41.0 Å². The number of aldehydes is 1. The molecule has 3 heteroatoms. The van der Waals surface area contributed by atoms with E-state index >= 15 is 0 Å². The van der Waals surface area contributed by atoms with Gasteiger partial charge in [-0.05, 0) is 26.7 Å². The summed E-state index contributed by atoms with van der Waals surface area (Å²) in [4.78, 5) is 22.0. The van der Waals surface area contributed by atoms with Crippen LogP contribution in [-0.4, -0.2) is 17.9 Å². The number of hydrogen-bond donors (Lipinski definition) is 0. The first-order valence-electron chi connectivity index (χ1n) is 4.93. The lowest BCUT2D eigenvalue weighted by Gasteiger charge is -2.21. The maximum Gasteiger partial charge on any atom is 0.307 e. The second-order valence-corrected chi connectivity index (χ2v) is 4.83. The molecule has 0 rings (SSSR count). The summed E-state index contributed by atoms with van der Waals surface area (Å²) < 4.78 is 5.12. The largest absolute Gasteiger partial charge is 0.460 e. The highest BCUT2D eigenvalue weighted by molar-refractivity contribution is 5.74. The fourth-order valence-electron chi connectivity index (χ4n) is 1.02. The van der Waals surface area contributed by atoms with Crippen LogP contribution in [0.4, 0.5) is 0 Å². The molecule has 1 atom stereocenters. The smallest absolute Gasteiger partial charge is 0.307 e. The molecule has 3 nitrogen and oxygen atoms in total. The van der Waals surface area contributed by atoms with Crippen molar-refractivity contribution in [2.45, 2.75) is 46.6 Å². The molecule has 0 radical (unpaired) electrons. The predicted molar refractivity (Wildman–Crippen MR) is 54.9 cm³/mol. The molecule has 0 heterocycles. The van der Waals surface area contributed by atoms with E-state index in [4.69, 9.17) is 4.74 Å². The molecule has 0 aliphatic carbocycles. The molecule has 0 aromatic carbocycles. The lowest BCUT2D eigenvalue weighted by Crippen LogP contribution is -2.26. The van der Waals surface area contributed by atoms with Gasteiger partial charge in [0.1, 0.15) is 11.9 Å². The molecule has 0 spiro atoms. The van der Waals surface area contributed by atoms with E-state index in [9.17, 15) is 9.59 Å². The monoisotopic (exact) mass is 200 g/mol. The highest BCUT2D eigenvalue weighted by Gasteiger charge is 2.21. The van der Waals surface area contributed by atoms with E-state index in [0.29, 0.717) is 0 Å². The maximum absolute atomic E-state index is 11.4. The summed E-state index contributed by atoms with van der Waals surface area (Å²) >= 11 is 0. The number of ether oxygens (including phenoxy) is 1. The Labute approximate surface area is 85.8 Å². The fraction of sp³-hybridized carbons (Fsp3) is 0.818. The third-order valence-electron chi connectivity index (χ3n) is 1.85. The van der Waals surface area contributed by atoms with Crippen molar-refractivity contribution >= 4 is 12.3 Å². The van der Waals surface area contributed by atoms with Crippen molar-refractivity contribution in [3.05, 3.63) is 0 Å². The molecule has 0 fully saturated rings. The summed E-state index contributed by atoms with van der Waals surface area (Å²) in [6, 6.07) is 0. The Morgan fingerprint density at radius 2 is 1.86 bits per heavy atom. The van der Waals surface area contributed by atoms with Gasteiger partial charge in [-0.1, -0.05) is 13.8 Å². The van der Waals surface area contributed by atoms with Gasteiger partial charge in [-0.3, -0.25) is 4.79 Å². The molecule has 82 valence electrons. The van der Waals surface area contributed by atoms with Crippen molar-refractivity contribution in [2.24, 2.45) is 11.8 Å². The van der Waals surface area contributed by atoms with Crippen molar-refractivity contribution in [1.29, 1.82) is 0 Å². The second-order valence-electron chi connectivity index (χ2n) is 4.83. The highest BCUT2D eigenvalue weighted by atomic mass is 16.6. The molecule has 0 aromatic rings. The number of carbonyl (C=O) groups excluding carboxylic acids is 2. The molecule has 14 heavy (non-hydrogen) atoms. The lowest BCUT2D eigenvalue weighted by atomic mass is 9.94. The molecular formula is C11H20O3. The first-order valence-corrected chi connectivity index (χ1v) is 4.93. The molecule has 0 N–H and O–H groups in total. The van der Waals surface area contributed by atoms with Crippen LogP contribution in [-0.2, 0) is 14.3 Å². The van der Waals surface area contributed by atoms with E-state index < -0.39 is 5.60 Å². The Balaban J connectivity index is 4.11. The topological polar surface area (TPSA) is 43.4 Å². The van der Waals surface area contributed by atoms with Gasteiger partial charge in [-0.2, -0.15) is 0 Å². The summed E-state index contributed by atoms with van der Waals surface area (Å²) in [6.45, 7) is 9.29. The SMILES string of the molecule is CC(C)[C@H](C=O)CC(=O)OC(C)(C)C. The van der Waals surface area contributed by atoms with E-state index in [1.165, 1.54) is 0 Å². The van der Waals surface area contributed by atoms with Gasteiger partial charge in [0.05, 0.1) is 6.42 Å². The normalized spacial score (nSPS) is 13.9. The van der Waals surface area contributed by atoms with Crippen LogP contribution in [0.15, 0.2) is 0 Å². The van der Waals surface area contributed by atoms with E-state index in [1.54, 1.807) is 0 Å². The zero-order chi connectivity index (χ0) is 11.4. The van der Waals surface area contributed by atoms with Crippen LogP contribution in [0.3, 0.4) is 0 Å². The van der Waals surface area contributed by atoms with Crippen LogP contribution in [0.25, 0.3) is 0 Å². The number of carbonyl (C=O) groups is 2. The Kier molecular flexibility index (Phi) is 4.81. The Bertz CT molecular complexity index is 201. The lowest BCUT2D eigenvalue weighted by molar-refractivity contribution is -0.157. The minimum atomic E-state index is -0.471. The number of hydrogen-bond acceptors (Lipinski definition) is 3. The summed E-state index contributed by atoms with van der Waals surface area (Å²) in [5, 5.41) is 0. The van der Waals surface area contributed by atoms with Gasteiger partial charge in [-0.25, -0.2) is 0 Å². The second kappa shape index (κ2) is 5.13. The molecule has 0 amide bonds. The fourth-order valence-corrected chi connectivity index (χ4v) is 1.02. The Morgan fingerprint density at radius 3 is 2.14 bits per heavy atom. The van der Waals surface area contributed by atoms with Crippen molar-refractivity contribution in [2.75, 3.05) is 0 Å². The first-order chi connectivity index (χ1) is 6.26. The van der Waals surface area contributed by atoms with E-state index in [2.05, 4.69) is 0 Å². The Hall–Kier alpha value is -0.860. The molecule has 0 bridgehead atoms. The Morgan fingerprint density at radius 1 is 1.36 bits per heavy atom. The molecule has 0 aromatic heterocycles. The standard InChI is InChI=1S/C11H20O3/c1-8(2)9(7-12)6-10(13)14-11(3,4)5/h7-9H,6H2,1-5H3/t9-/m0/s1. The van der Waals surface area contributed by atoms with E-state index in [-0.39, 0.29) is 24.2 Å². The van der Waals surface area contributed by atoms with Crippen LogP contribution >= 0.6 is 0 Å². The van der Waals surface area contributed by atoms with Crippen LogP contribution in [0.5, 0.6) is 0 Å². The van der Waals surface area contributed by atoms with Crippen molar-refractivity contribution in [3.63, 3.8) is 0 Å². The van der Waals surface area contributed by atoms with E-state index in [0.717, 1.165) is 6.29 Å². The van der Waals surface area contributed by atoms with Crippen LogP contribution < -0.4 is 0 Å². The van der Waals surface area contributed by atoms with Gasteiger partial charge in [-0.15, -0.1) is 0 Å². The van der Waals surface area contributed by atoms with Crippen molar-refractivity contribution < 1.29 is 14.3 Å². The maximum atomic E-state index is 11.4. The number of esters is 1. The molecule has 0 saturated carbocycles. The van der Waals surface area contributed by atoms with Crippen LogP contribution in [0, 0.1) is 11.8 Å². The zero-order valence-corrected chi connectivity index (χ0v) is 9.66. The van der Waals surface area contributed by atoms with Gasteiger partial charge < -0.3 is 9.53 Å². The molecule has 0 aliphatic rings. The van der Waals surface area contributed by atoms with Crippen molar-refractivity contribution in [1.82, 2.24) is 0 Å². The zero-order valence-electron chi connectivity index (χ0n) is 9.66. The molecule has 0 saturated heterocycles. The average Bonchev–Trinajstić information content (AvgIpc) is 1.96. The third-order valence-corrected chi connectivity index (χ3v) is 1.85. The summed E-state index contributed by atoms with van der Waals surface area (Å²) in [5.74, 6) is -0.354. The third kappa shape index (κ3) is 5.73. The molecular weight excluding hydrogens is 180 g/mol. The van der Waals surface area contributed by atoms with Gasteiger partial charge in [0.15, 0.2) is 0 Å². The average molecular weight is 200 g/mol. The number of rotatable bonds is 4. The van der Waals surface area contributed by atoms with E-state index in [1.807, 2.05) is 34.6 Å². The predicted octanol–water partition coefficient (Wildman–Crippen LogP) is 2.19. The molecule has 0 unspecified atom stereocenters. The summed E-state index contributed by atoms with van der Waals surface area (Å²) in [7, 11) is 0. The van der Waals surface area contributed by atoms with Crippen LogP contribution in [0.2, 0.25) is 0 Å². The summed E-state index contributed by atoms with van der Waals surface area (Å²) in [6.07, 6.45) is 1.01.